The van der Waals surface area contributed by atoms with E-state index >= 15 is 0 Å². The van der Waals surface area contributed by atoms with Crippen molar-refractivity contribution in [3.63, 3.8) is 0 Å². The van der Waals surface area contributed by atoms with E-state index in [0.717, 1.165) is 19.3 Å². The van der Waals surface area contributed by atoms with Crippen LogP contribution in [0.1, 0.15) is 46.0 Å². The van der Waals surface area contributed by atoms with E-state index < -0.39 is 0 Å². The van der Waals surface area contributed by atoms with E-state index in [2.05, 4.69) is 19.1 Å². The average Bonchev–Trinajstić information content (AvgIpc) is 2.76. The molecule has 2 heteroatoms. The van der Waals surface area contributed by atoms with Gasteiger partial charge in [-0.2, -0.15) is 0 Å². The van der Waals surface area contributed by atoms with Crippen LogP contribution in [0, 0.1) is 16.2 Å². The Balaban J connectivity index is 2.00. The molecule has 0 aromatic heterocycles. The number of carbonyl (C=O) groups is 1. The lowest BCUT2D eigenvalue weighted by molar-refractivity contribution is -0.159. The first kappa shape index (κ1) is 10.4. The molecule has 0 radical (unpaired) electrons. The molecule has 2 fully saturated rings. The van der Waals surface area contributed by atoms with Gasteiger partial charge >= 0.3 is 5.97 Å². The Morgan fingerprint density at radius 3 is 2.88 bits per heavy atom. The largest absolute Gasteiger partial charge is 0.466 e. The standard InChI is InChI=1S/C14H20O2/c1-3-16-11(15)13-6-4-5-7-14(13)10-12(14,2)8-9-13/h5,7H,3-4,6,8-10H2,1-2H3/t12-,13+,14+/m1/s1. The first-order valence-electron chi connectivity index (χ1n) is 6.45. The molecule has 88 valence electrons. The summed E-state index contributed by atoms with van der Waals surface area (Å²) in [6, 6.07) is 0. The molecule has 0 amide bonds. The number of hydrogen-bond acceptors (Lipinski definition) is 2. The number of allylic oxidation sites excluding steroid dienone is 2. The Bertz CT molecular complexity index is 373. The lowest BCUT2D eigenvalue weighted by Crippen LogP contribution is -2.40. The molecule has 0 aromatic rings. The SMILES string of the molecule is CCOC(=O)[C@@]12CCC=C[C@@]13C[C@@]3(C)CC2. The molecule has 0 aliphatic heterocycles. The number of ether oxygens (including phenoxy) is 1. The van der Waals surface area contributed by atoms with E-state index in [9.17, 15) is 4.79 Å². The second kappa shape index (κ2) is 2.91. The Kier molecular flexibility index (Phi) is 1.88. The number of esters is 1. The second-order valence-electron chi connectivity index (χ2n) is 5.95. The highest BCUT2D eigenvalue weighted by atomic mass is 16.5. The Morgan fingerprint density at radius 1 is 1.38 bits per heavy atom. The van der Waals surface area contributed by atoms with Crippen LogP contribution in [0.5, 0.6) is 0 Å². The number of rotatable bonds is 2. The molecule has 0 saturated heterocycles. The maximum absolute atomic E-state index is 12.3. The highest BCUT2D eigenvalue weighted by Crippen LogP contribution is 2.82. The summed E-state index contributed by atoms with van der Waals surface area (Å²) in [6.07, 6.45) is 10.1. The van der Waals surface area contributed by atoms with Gasteiger partial charge in [0.15, 0.2) is 0 Å². The predicted molar refractivity (Wildman–Crippen MR) is 61.8 cm³/mol. The van der Waals surface area contributed by atoms with E-state index in [1.807, 2.05) is 6.92 Å². The van der Waals surface area contributed by atoms with Gasteiger partial charge in [0.25, 0.3) is 0 Å². The van der Waals surface area contributed by atoms with Crippen molar-refractivity contribution in [3.8, 4) is 0 Å². The summed E-state index contributed by atoms with van der Waals surface area (Å²) in [4.78, 5) is 12.3. The zero-order valence-electron chi connectivity index (χ0n) is 10.2. The maximum Gasteiger partial charge on any atom is 0.312 e. The van der Waals surface area contributed by atoms with E-state index in [0.29, 0.717) is 12.0 Å². The molecule has 2 saturated carbocycles. The third-order valence-corrected chi connectivity index (χ3v) is 5.38. The van der Waals surface area contributed by atoms with Crippen molar-refractivity contribution in [1.29, 1.82) is 0 Å². The summed E-state index contributed by atoms with van der Waals surface area (Å²) < 4.78 is 5.35. The molecule has 3 aliphatic rings. The predicted octanol–water partition coefficient (Wildman–Crippen LogP) is 3.08. The van der Waals surface area contributed by atoms with Crippen molar-refractivity contribution in [2.45, 2.75) is 46.0 Å². The minimum atomic E-state index is -0.174. The van der Waals surface area contributed by atoms with Crippen LogP contribution in [0.2, 0.25) is 0 Å². The van der Waals surface area contributed by atoms with E-state index in [4.69, 9.17) is 4.74 Å². The van der Waals surface area contributed by atoms with Gasteiger partial charge in [-0.1, -0.05) is 19.1 Å². The molecule has 0 aromatic carbocycles. The van der Waals surface area contributed by atoms with E-state index in [1.54, 1.807) is 0 Å². The first-order valence-corrected chi connectivity index (χ1v) is 6.45. The van der Waals surface area contributed by atoms with Crippen LogP contribution in [-0.4, -0.2) is 12.6 Å². The zero-order chi connectivity index (χ0) is 11.4. The van der Waals surface area contributed by atoms with Crippen LogP contribution in [0.4, 0.5) is 0 Å². The molecule has 0 unspecified atom stereocenters. The van der Waals surface area contributed by atoms with Crippen LogP contribution in [0.25, 0.3) is 0 Å². The van der Waals surface area contributed by atoms with Gasteiger partial charge in [0.2, 0.25) is 0 Å². The molecule has 3 aliphatic carbocycles. The molecule has 2 nitrogen and oxygen atoms in total. The molecular formula is C14H20O2. The van der Waals surface area contributed by atoms with Crippen molar-refractivity contribution >= 4 is 5.97 Å². The molecule has 0 heterocycles. The molecule has 16 heavy (non-hydrogen) atoms. The summed E-state index contributed by atoms with van der Waals surface area (Å²) in [5, 5.41) is 0. The molecule has 1 spiro atoms. The van der Waals surface area contributed by atoms with E-state index in [1.165, 1.54) is 12.8 Å². The number of carbonyl (C=O) groups excluding carboxylic acids is 1. The van der Waals surface area contributed by atoms with Crippen molar-refractivity contribution in [3.05, 3.63) is 12.2 Å². The van der Waals surface area contributed by atoms with Gasteiger partial charge < -0.3 is 4.74 Å². The van der Waals surface area contributed by atoms with Crippen molar-refractivity contribution in [1.82, 2.24) is 0 Å². The Morgan fingerprint density at radius 2 is 2.19 bits per heavy atom. The minimum absolute atomic E-state index is 0.0700. The monoisotopic (exact) mass is 220 g/mol. The zero-order valence-corrected chi connectivity index (χ0v) is 10.2. The third-order valence-electron chi connectivity index (χ3n) is 5.38. The fourth-order valence-corrected chi connectivity index (χ4v) is 4.38. The highest BCUT2D eigenvalue weighted by Gasteiger charge is 2.79. The Hall–Kier alpha value is -0.790. The average molecular weight is 220 g/mol. The fraction of sp³-hybridized carbons (Fsp3) is 0.786. The van der Waals surface area contributed by atoms with Gasteiger partial charge in [-0.15, -0.1) is 0 Å². The van der Waals surface area contributed by atoms with Crippen molar-refractivity contribution < 1.29 is 9.53 Å². The van der Waals surface area contributed by atoms with Crippen molar-refractivity contribution in [2.24, 2.45) is 16.2 Å². The lowest BCUT2D eigenvalue weighted by atomic mass is 9.66. The van der Waals surface area contributed by atoms with Gasteiger partial charge in [-0.25, -0.2) is 0 Å². The third kappa shape index (κ3) is 0.922. The second-order valence-corrected chi connectivity index (χ2v) is 5.95. The number of hydrogen-bond donors (Lipinski definition) is 0. The van der Waals surface area contributed by atoms with Crippen LogP contribution in [0.3, 0.4) is 0 Å². The van der Waals surface area contributed by atoms with Gasteiger partial charge in [0, 0.05) is 5.41 Å². The lowest BCUT2D eigenvalue weighted by Gasteiger charge is -2.37. The summed E-state index contributed by atoms with van der Waals surface area (Å²) in [5.74, 6) is 0.0700. The topological polar surface area (TPSA) is 26.3 Å². The van der Waals surface area contributed by atoms with Crippen molar-refractivity contribution in [2.75, 3.05) is 6.61 Å². The molecule has 0 bridgehead atoms. The summed E-state index contributed by atoms with van der Waals surface area (Å²) in [6.45, 7) is 4.75. The van der Waals surface area contributed by atoms with Gasteiger partial charge in [0.1, 0.15) is 0 Å². The highest BCUT2D eigenvalue weighted by molar-refractivity contribution is 5.81. The smallest absolute Gasteiger partial charge is 0.312 e. The summed E-state index contributed by atoms with van der Waals surface area (Å²) in [7, 11) is 0. The Labute approximate surface area is 97.1 Å². The normalized spacial score (nSPS) is 48.4. The summed E-state index contributed by atoms with van der Waals surface area (Å²) in [5.41, 5.74) is 0.369. The minimum Gasteiger partial charge on any atom is -0.466 e. The van der Waals surface area contributed by atoms with Crippen LogP contribution >= 0.6 is 0 Å². The molecule has 0 N–H and O–H groups in total. The van der Waals surface area contributed by atoms with Crippen LogP contribution < -0.4 is 0 Å². The van der Waals surface area contributed by atoms with Gasteiger partial charge in [0.05, 0.1) is 12.0 Å². The summed E-state index contributed by atoms with van der Waals surface area (Å²) >= 11 is 0. The van der Waals surface area contributed by atoms with Crippen LogP contribution in [-0.2, 0) is 9.53 Å². The maximum atomic E-state index is 12.3. The first-order chi connectivity index (χ1) is 7.60. The van der Waals surface area contributed by atoms with Crippen LogP contribution in [0.15, 0.2) is 12.2 Å². The molecular weight excluding hydrogens is 200 g/mol. The van der Waals surface area contributed by atoms with Gasteiger partial charge in [-0.05, 0) is 44.4 Å². The van der Waals surface area contributed by atoms with E-state index in [-0.39, 0.29) is 16.8 Å². The van der Waals surface area contributed by atoms with Gasteiger partial charge in [-0.3, -0.25) is 4.79 Å². The quantitative estimate of drug-likeness (QED) is 0.528. The molecule has 3 atom stereocenters. The molecule has 3 rings (SSSR count). The fourth-order valence-electron chi connectivity index (χ4n) is 4.38.